The van der Waals surface area contributed by atoms with Crippen LogP contribution in [0.4, 0.5) is 4.39 Å². The maximum absolute atomic E-state index is 13.2. The van der Waals surface area contributed by atoms with Crippen LogP contribution in [0.15, 0.2) is 54.6 Å². The fourth-order valence-electron chi connectivity index (χ4n) is 3.32. The molecule has 1 saturated heterocycles. The summed E-state index contributed by atoms with van der Waals surface area (Å²) in [5.74, 6) is 0.161. The van der Waals surface area contributed by atoms with Gasteiger partial charge in [0.1, 0.15) is 12.4 Å². The topological polar surface area (TPSA) is 63.9 Å². The fourth-order valence-corrected chi connectivity index (χ4v) is 3.32. The minimum absolute atomic E-state index is 0.0276. The van der Waals surface area contributed by atoms with Crippen molar-refractivity contribution in [1.29, 1.82) is 0 Å². The van der Waals surface area contributed by atoms with Crippen molar-refractivity contribution >= 4 is 5.91 Å². The van der Waals surface area contributed by atoms with Crippen molar-refractivity contribution in [1.82, 2.24) is 25.1 Å². The molecule has 6 nitrogen and oxygen atoms in total. The standard InChI is InChI=1S/C19H18FN5O/c20-16-10-8-14(9-11-16)17-7-4-12-24(17)18(26)13-25-22-19(21-23-25)15-5-2-1-3-6-15/h1-3,5-6,8-11,17H,4,7,12-13H2. The molecule has 26 heavy (non-hydrogen) atoms. The van der Waals surface area contributed by atoms with Crippen LogP contribution < -0.4 is 0 Å². The third kappa shape index (κ3) is 3.33. The van der Waals surface area contributed by atoms with E-state index in [2.05, 4.69) is 15.4 Å². The summed E-state index contributed by atoms with van der Waals surface area (Å²) in [6.07, 6.45) is 1.80. The van der Waals surface area contributed by atoms with Crippen LogP contribution >= 0.6 is 0 Å². The zero-order valence-electron chi connectivity index (χ0n) is 14.1. The highest BCUT2D eigenvalue weighted by atomic mass is 19.1. The first-order valence-electron chi connectivity index (χ1n) is 8.59. The van der Waals surface area contributed by atoms with Gasteiger partial charge in [-0.15, -0.1) is 10.2 Å². The fraction of sp³-hybridized carbons (Fsp3) is 0.263. The average Bonchev–Trinajstić information content (AvgIpc) is 3.33. The lowest BCUT2D eigenvalue weighted by molar-refractivity contribution is -0.133. The first kappa shape index (κ1) is 16.4. The Morgan fingerprint density at radius 2 is 1.88 bits per heavy atom. The molecule has 2 heterocycles. The second-order valence-electron chi connectivity index (χ2n) is 6.31. The number of carbonyl (C=O) groups excluding carboxylic acids is 1. The van der Waals surface area contributed by atoms with Gasteiger partial charge in [0, 0.05) is 12.1 Å². The zero-order chi connectivity index (χ0) is 17.9. The van der Waals surface area contributed by atoms with E-state index in [1.165, 1.54) is 16.9 Å². The van der Waals surface area contributed by atoms with Crippen LogP contribution in [0.25, 0.3) is 11.4 Å². The van der Waals surface area contributed by atoms with E-state index in [0.717, 1.165) is 24.0 Å². The normalized spacial score (nSPS) is 16.8. The molecule has 1 unspecified atom stereocenters. The number of benzene rings is 2. The van der Waals surface area contributed by atoms with E-state index in [4.69, 9.17) is 0 Å². The van der Waals surface area contributed by atoms with E-state index in [9.17, 15) is 9.18 Å². The van der Waals surface area contributed by atoms with Crippen molar-refractivity contribution in [3.8, 4) is 11.4 Å². The number of aromatic nitrogens is 4. The maximum Gasteiger partial charge on any atom is 0.246 e. The summed E-state index contributed by atoms with van der Waals surface area (Å²) < 4.78 is 13.2. The first-order chi connectivity index (χ1) is 12.7. The highest BCUT2D eigenvalue weighted by Crippen LogP contribution is 2.32. The van der Waals surface area contributed by atoms with Crippen molar-refractivity contribution in [2.24, 2.45) is 0 Å². The van der Waals surface area contributed by atoms with Gasteiger partial charge in [0.05, 0.1) is 6.04 Å². The second-order valence-corrected chi connectivity index (χ2v) is 6.31. The lowest BCUT2D eigenvalue weighted by atomic mass is 10.0. The van der Waals surface area contributed by atoms with Crippen molar-refractivity contribution in [3.63, 3.8) is 0 Å². The molecule has 1 atom stereocenters. The van der Waals surface area contributed by atoms with E-state index in [1.54, 1.807) is 12.1 Å². The Morgan fingerprint density at radius 1 is 1.12 bits per heavy atom. The number of halogens is 1. The van der Waals surface area contributed by atoms with E-state index in [-0.39, 0.29) is 24.3 Å². The number of likely N-dealkylation sites (tertiary alicyclic amines) is 1. The average molecular weight is 351 g/mol. The molecule has 1 amide bonds. The van der Waals surface area contributed by atoms with Gasteiger partial charge in [0.25, 0.3) is 0 Å². The smallest absolute Gasteiger partial charge is 0.246 e. The van der Waals surface area contributed by atoms with Gasteiger partial charge >= 0.3 is 0 Å². The number of hydrogen-bond donors (Lipinski definition) is 0. The summed E-state index contributed by atoms with van der Waals surface area (Å²) in [4.78, 5) is 15.9. The van der Waals surface area contributed by atoms with Gasteiger partial charge in [-0.2, -0.15) is 4.80 Å². The Morgan fingerprint density at radius 3 is 2.65 bits per heavy atom. The Bertz CT molecular complexity index is 894. The minimum atomic E-state index is -0.273. The van der Waals surface area contributed by atoms with Crippen LogP contribution in [0, 0.1) is 5.82 Å². The van der Waals surface area contributed by atoms with Crippen molar-refractivity contribution in [2.75, 3.05) is 6.54 Å². The van der Waals surface area contributed by atoms with Crippen molar-refractivity contribution in [2.45, 2.75) is 25.4 Å². The monoisotopic (exact) mass is 351 g/mol. The molecule has 2 aromatic carbocycles. The molecule has 0 aliphatic carbocycles. The minimum Gasteiger partial charge on any atom is -0.334 e. The Labute approximate surface area is 150 Å². The zero-order valence-corrected chi connectivity index (χ0v) is 14.1. The largest absolute Gasteiger partial charge is 0.334 e. The number of amides is 1. The molecule has 1 aliphatic heterocycles. The summed E-state index contributed by atoms with van der Waals surface area (Å²) in [5.41, 5.74) is 1.81. The van der Waals surface area contributed by atoms with Gasteiger partial charge in [-0.3, -0.25) is 4.79 Å². The Kier molecular flexibility index (Phi) is 4.43. The van der Waals surface area contributed by atoms with Gasteiger partial charge < -0.3 is 4.90 Å². The molecule has 1 aromatic heterocycles. The van der Waals surface area contributed by atoms with Crippen LogP contribution in [0.3, 0.4) is 0 Å². The summed E-state index contributed by atoms with van der Waals surface area (Å²) >= 11 is 0. The molecule has 0 saturated carbocycles. The molecule has 1 fully saturated rings. The number of hydrogen-bond acceptors (Lipinski definition) is 4. The number of nitrogens with zero attached hydrogens (tertiary/aromatic N) is 5. The van der Waals surface area contributed by atoms with E-state index in [1.807, 2.05) is 35.2 Å². The van der Waals surface area contributed by atoms with Gasteiger partial charge in [-0.1, -0.05) is 42.5 Å². The predicted molar refractivity (Wildman–Crippen MR) is 93.3 cm³/mol. The van der Waals surface area contributed by atoms with E-state index in [0.29, 0.717) is 12.4 Å². The molecule has 1 aliphatic rings. The lowest BCUT2D eigenvalue weighted by Gasteiger charge is -2.24. The molecule has 0 bridgehead atoms. The highest BCUT2D eigenvalue weighted by molar-refractivity contribution is 5.76. The highest BCUT2D eigenvalue weighted by Gasteiger charge is 2.30. The molecule has 0 spiro atoms. The molecule has 4 rings (SSSR count). The van der Waals surface area contributed by atoms with E-state index >= 15 is 0 Å². The van der Waals surface area contributed by atoms with Gasteiger partial charge in [0.2, 0.25) is 11.7 Å². The summed E-state index contributed by atoms with van der Waals surface area (Å²) in [6.45, 7) is 0.721. The Hall–Kier alpha value is -3.09. The molecule has 132 valence electrons. The SMILES string of the molecule is O=C(Cn1nnc(-c2ccccc2)n1)N1CCCC1c1ccc(F)cc1. The molecule has 3 aromatic rings. The van der Waals surface area contributed by atoms with Crippen LogP contribution in [-0.4, -0.2) is 37.6 Å². The quantitative estimate of drug-likeness (QED) is 0.725. The van der Waals surface area contributed by atoms with Gasteiger partial charge in [-0.05, 0) is 35.8 Å². The third-order valence-corrected chi connectivity index (χ3v) is 4.59. The Balaban J connectivity index is 1.47. The van der Waals surface area contributed by atoms with Crippen LogP contribution in [0.5, 0.6) is 0 Å². The van der Waals surface area contributed by atoms with Crippen LogP contribution in [0.1, 0.15) is 24.4 Å². The molecule has 0 N–H and O–H groups in total. The third-order valence-electron chi connectivity index (χ3n) is 4.59. The molecule has 0 radical (unpaired) electrons. The van der Waals surface area contributed by atoms with E-state index < -0.39 is 0 Å². The summed E-state index contributed by atoms with van der Waals surface area (Å²) in [6, 6.07) is 15.8. The van der Waals surface area contributed by atoms with Crippen LogP contribution in [-0.2, 0) is 11.3 Å². The first-order valence-corrected chi connectivity index (χ1v) is 8.59. The summed E-state index contributed by atoms with van der Waals surface area (Å²) in [5, 5.41) is 12.3. The van der Waals surface area contributed by atoms with Gasteiger partial charge in [-0.25, -0.2) is 4.39 Å². The lowest BCUT2D eigenvalue weighted by Crippen LogP contribution is -2.34. The second kappa shape index (κ2) is 7.03. The number of tetrazole rings is 1. The van der Waals surface area contributed by atoms with Crippen LogP contribution in [0.2, 0.25) is 0 Å². The maximum atomic E-state index is 13.2. The molecular weight excluding hydrogens is 333 g/mol. The summed E-state index contributed by atoms with van der Waals surface area (Å²) in [7, 11) is 0. The molecular formula is C19H18FN5O. The van der Waals surface area contributed by atoms with Gasteiger partial charge in [0.15, 0.2) is 0 Å². The number of carbonyl (C=O) groups is 1. The van der Waals surface area contributed by atoms with Crippen molar-refractivity contribution in [3.05, 3.63) is 66.0 Å². The van der Waals surface area contributed by atoms with Crippen molar-refractivity contribution < 1.29 is 9.18 Å². The predicted octanol–water partition coefficient (Wildman–Crippen LogP) is 2.84. The molecule has 7 heteroatoms. The number of rotatable bonds is 4.